The van der Waals surface area contributed by atoms with Crippen LogP contribution in [0.25, 0.3) is 0 Å². The highest BCUT2D eigenvalue weighted by atomic mass is 79.9. The molecule has 0 spiro atoms. The second kappa shape index (κ2) is 5.03. The Balaban J connectivity index is 3.43. The molecular formula is C10H5BrF6O2. The molecule has 0 amide bonds. The second-order valence-corrected chi connectivity index (χ2v) is 4.19. The number of hydrogen-bond donors (Lipinski definition) is 0. The Kier molecular flexibility index (Phi) is 4.18. The predicted octanol–water partition coefficient (Wildman–Crippen LogP) is 3.98. The van der Waals surface area contributed by atoms with Crippen molar-refractivity contribution in [3.63, 3.8) is 0 Å². The Morgan fingerprint density at radius 1 is 1.21 bits per heavy atom. The van der Waals surface area contributed by atoms with Gasteiger partial charge >= 0.3 is 12.1 Å². The summed E-state index contributed by atoms with van der Waals surface area (Å²) in [6.45, 7) is 0. The second-order valence-electron chi connectivity index (χ2n) is 3.34. The number of benzene rings is 1. The number of carbonyl (C=O) groups excluding carboxylic acids is 1. The number of rotatable bonds is 3. The van der Waals surface area contributed by atoms with E-state index in [4.69, 9.17) is 0 Å². The van der Waals surface area contributed by atoms with Crippen LogP contribution in [-0.4, -0.2) is 25.0 Å². The summed E-state index contributed by atoms with van der Waals surface area (Å²) in [5.41, 5.74) is -1.42. The molecule has 2 nitrogen and oxygen atoms in total. The first-order valence-electron chi connectivity index (χ1n) is 4.55. The van der Waals surface area contributed by atoms with E-state index in [0.29, 0.717) is 0 Å². The zero-order chi connectivity index (χ0) is 15.0. The van der Waals surface area contributed by atoms with Gasteiger partial charge in [0, 0.05) is 4.47 Å². The molecule has 0 aromatic heterocycles. The van der Waals surface area contributed by atoms with E-state index in [1.165, 1.54) is 0 Å². The summed E-state index contributed by atoms with van der Waals surface area (Å²) in [5.74, 6) is -10.6. The highest BCUT2D eigenvalue weighted by Crippen LogP contribution is 2.40. The van der Waals surface area contributed by atoms with Crippen LogP contribution in [0.15, 0.2) is 16.6 Å². The van der Waals surface area contributed by atoms with E-state index < -0.39 is 39.5 Å². The smallest absolute Gasteiger partial charge is 0.461 e. The van der Waals surface area contributed by atoms with E-state index >= 15 is 0 Å². The first kappa shape index (κ1) is 15.8. The molecule has 0 unspecified atom stereocenters. The number of hydrogen-bond acceptors (Lipinski definition) is 2. The molecule has 19 heavy (non-hydrogen) atoms. The Labute approximate surface area is 111 Å². The van der Waals surface area contributed by atoms with E-state index in [-0.39, 0.29) is 0 Å². The molecule has 0 atom stereocenters. The summed E-state index contributed by atoms with van der Waals surface area (Å²) in [6.07, 6.45) is -6.11. The van der Waals surface area contributed by atoms with Gasteiger partial charge in [0.25, 0.3) is 0 Å². The van der Waals surface area contributed by atoms with Gasteiger partial charge in [-0.25, -0.2) is 4.39 Å². The van der Waals surface area contributed by atoms with Gasteiger partial charge < -0.3 is 4.74 Å². The largest absolute Gasteiger partial charge is 0.494 e. The monoisotopic (exact) mass is 350 g/mol. The molecule has 0 aliphatic heterocycles. The van der Waals surface area contributed by atoms with Crippen LogP contribution in [-0.2, 0) is 0 Å². The van der Waals surface area contributed by atoms with Gasteiger partial charge in [-0.15, -0.1) is 0 Å². The van der Waals surface area contributed by atoms with Crippen LogP contribution in [0.2, 0.25) is 0 Å². The van der Waals surface area contributed by atoms with Crippen LogP contribution in [0.3, 0.4) is 0 Å². The first-order chi connectivity index (χ1) is 8.54. The van der Waals surface area contributed by atoms with Gasteiger partial charge in [-0.2, -0.15) is 22.0 Å². The lowest BCUT2D eigenvalue weighted by Gasteiger charge is -2.19. The zero-order valence-electron chi connectivity index (χ0n) is 9.12. The minimum atomic E-state index is -6.11. The average molecular weight is 351 g/mol. The summed E-state index contributed by atoms with van der Waals surface area (Å²) in [5, 5.41) is 0. The van der Waals surface area contributed by atoms with Crippen LogP contribution < -0.4 is 4.74 Å². The van der Waals surface area contributed by atoms with E-state index in [2.05, 4.69) is 20.7 Å². The summed E-state index contributed by atoms with van der Waals surface area (Å²) in [7, 11) is 0.975. The fourth-order valence-corrected chi connectivity index (χ4v) is 1.67. The number of carbonyl (C=O) groups is 1. The van der Waals surface area contributed by atoms with Crippen molar-refractivity contribution >= 4 is 21.7 Å². The molecule has 0 heterocycles. The molecule has 0 aliphatic rings. The third-order valence-electron chi connectivity index (χ3n) is 2.14. The number of alkyl halides is 5. The topological polar surface area (TPSA) is 26.3 Å². The predicted molar refractivity (Wildman–Crippen MR) is 56.0 cm³/mol. The molecule has 9 heteroatoms. The van der Waals surface area contributed by atoms with E-state index in [1.807, 2.05) is 0 Å². The lowest BCUT2D eigenvalue weighted by atomic mass is 10.0. The van der Waals surface area contributed by atoms with Crippen LogP contribution in [0, 0.1) is 5.82 Å². The standard InChI is InChI=1S/C10H5BrF6O2/c1-19-5-3-2-4(11)6(7(5)12)8(18)9(13,14)10(15,16)17/h2-3H,1H3. The maximum Gasteiger partial charge on any atom is 0.461 e. The quantitative estimate of drug-likeness (QED) is 0.608. The van der Waals surface area contributed by atoms with Crippen molar-refractivity contribution in [2.24, 2.45) is 0 Å². The van der Waals surface area contributed by atoms with Crippen LogP contribution in [0.5, 0.6) is 5.75 Å². The number of Topliss-reactive ketones (excluding diaryl/α,β-unsaturated/α-hetero) is 1. The molecule has 0 fully saturated rings. The van der Waals surface area contributed by atoms with E-state index in [0.717, 1.165) is 19.2 Å². The van der Waals surface area contributed by atoms with Crippen LogP contribution >= 0.6 is 15.9 Å². The summed E-state index contributed by atoms with van der Waals surface area (Å²) >= 11 is 2.55. The van der Waals surface area contributed by atoms with Gasteiger partial charge in [0.05, 0.1) is 12.7 Å². The normalized spacial score (nSPS) is 12.4. The Hall–Kier alpha value is -1.25. The third kappa shape index (κ3) is 2.70. The van der Waals surface area contributed by atoms with Crippen molar-refractivity contribution in [2.75, 3.05) is 7.11 Å². The number of halogens is 7. The highest BCUT2D eigenvalue weighted by molar-refractivity contribution is 9.10. The van der Waals surface area contributed by atoms with E-state index in [1.54, 1.807) is 0 Å². The van der Waals surface area contributed by atoms with Crippen LogP contribution in [0.4, 0.5) is 26.3 Å². The van der Waals surface area contributed by atoms with Gasteiger partial charge in [-0.1, -0.05) is 0 Å². The first-order valence-corrected chi connectivity index (χ1v) is 5.34. The zero-order valence-corrected chi connectivity index (χ0v) is 10.7. The van der Waals surface area contributed by atoms with Gasteiger partial charge in [0.1, 0.15) is 0 Å². The maximum absolute atomic E-state index is 13.6. The molecule has 0 saturated heterocycles. The average Bonchev–Trinajstić information content (AvgIpc) is 2.27. The lowest BCUT2D eigenvalue weighted by molar-refractivity contribution is -0.255. The molecule has 0 N–H and O–H groups in total. The summed E-state index contributed by atoms with van der Waals surface area (Å²) in [4.78, 5) is 11.2. The highest BCUT2D eigenvalue weighted by Gasteiger charge is 2.64. The fourth-order valence-electron chi connectivity index (χ4n) is 1.18. The molecule has 0 saturated carbocycles. The molecule has 0 radical (unpaired) electrons. The Morgan fingerprint density at radius 3 is 2.16 bits per heavy atom. The third-order valence-corrected chi connectivity index (χ3v) is 2.80. The lowest BCUT2D eigenvalue weighted by Crippen LogP contribution is -2.44. The van der Waals surface area contributed by atoms with Crippen molar-refractivity contribution in [1.29, 1.82) is 0 Å². The van der Waals surface area contributed by atoms with Gasteiger partial charge in [0.15, 0.2) is 11.6 Å². The molecule has 0 bridgehead atoms. The van der Waals surface area contributed by atoms with Crippen LogP contribution in [0.1, 0.15) is 10.4 Å². The number of ketones is 1. The number of ether oxygens (including phenoxy) is 1. The van der Waals surface area contributed by atoms with Crippen molar-refractivity contribution in [1.82, 2.24) is 0 Å². The minimum Gasteiger partial charge on any atom is -0.494 e. The fraction of sp³-hybridized carbons (Fsp3) is 0.300. The van der Waals surface area contributed by atoms with E-state index in [9.17, 15) is 31.1 Å². The van der Waals surface area contributed by atoms with Crippen molar-refractivity contribution in [3.05, 3.63) is 28.0 Å². The Morgan fingerprint density at radius 2 is 1.74 bits per heavy atom. The van der Waals surface area contributed by atoms with Gasteiger partial charge in [0.2, 0.25) is 5.78 Å². The van der Waals surface area contributed by atoms with Crippen molar-refractivity contribution in [3.8, 4) is 5.75 Å². The molecule has 1 aromatic rings. The van der Waals surface area contributed by atoms with Crippen molar-refractivity contribution in [2.45, 2.75) is 12.1 Å². The molecule has 106 valence electrons. The molecule has 1 aromatic carbocycles. The van der Waals surface area contributed by atoms with Gasteiger partial charge in [-0.05, 0) is 28.1 Å². The summed E-state index contributed by atoms with van der Waals surface area (Å²) in [6, 6.07) is 1.91. The number of methoxy groups -OCH3 is 1. The molecule has 0 aliphatic carbocycles. The molecular weight excluding hydrogens is 346 g/mol. The SMILES string of the molecule is COc1ccc(Br)c(C(=O)C(F)(F)C(F)(F)F)c1F. The Bertz CT molecular complexity index is 511. The minimum absolute atomic E-state index is 0.528. The van der Waals surface area contributed by atoms with Gasteiger partial charge in [-0.3, -0.25) is 4.79 Å². The maximum atomic E-state index is 13.6. The molecule has 1 rings (SSSR count). The van der Waals surface area contributed by atoms with Crippen molar-refractivity contribution < 1.29 is 35.9 Å². The summed E-state index contributed by atoms with van der Waals surface area (Å²) < 4.78 is 79.5.